The molecule has 4 rings (SSSR count). The summed E-state index contributed by atoms with van der Waals surface area (Å²) in [5, 5.41) is 0. The largest absolute Gasteiger partial charge is 0.369 e. The van der Waals surface area contributed by atoms with Crippen LogP contribution in [0.15, 0.2) is 24.3 Å². The van der Waals surface area contributed by atoms with Crippen molar-refractivity contribution in [3.8, 4) is 0 Å². The van der Waals surface area contributed by atoms with E-state index >= 15 is 0 Å². The fraction of sp³-hybridized carbons (Fsp3) is 0.600. The van der Waals surface area contributed by atoms with E-state index in [9.17, 15) is 9.59 Å². The minimum absolute atomic E-state index is 0.152. The summed E-state index contributed by atoms with van der Waals surface area (Å²) in [6.07, 6.45) is 14.5. The molecule has 0 spiro atoms. The number of amides is 2. The highest BCUT2D eigenvalue weighted by Crippen LogP contribution is 2.45. The molecule has 2 aliphatic rings. The van der Waals surface area contributed by atoms with Crippen molar-refractivity contribution in [3.63, 3.8) is 0 Å². The molecular formula is C35H50N2O2. The number of carbonyl (C=O) groups is 2. The molecule has 2 aliphatic carbocycles. The van der Waals surface area contributed by atoms with Crippen LogP contribution in [0.5, 0.6) is 0 Å². The van der Waals surface area contributed by atoms with Gasteiger partial charge in [0.2, 0.25) is 11.8 Å². The normalized spacial score (nSPS) is 18.6. The molecule has 39 heavy (non-hydrogen) atoms. The van der Waals surface area contributed by atoms with E-state index in [1.807, 2.05) is 0 Å². The first-order chi connectivity index (χ1) is 18.8. The lowest BCUT2D eigenvalue weighted by Gasteiger charge is -2.38. The lowest BCUT2D eigenvalue weighted by molar-refractivity contribution is -0.125. The predicted octanol–water partition coefficient (Wildman–Crippen LogP) is 6.90. The van der Waals surface area contributed by atoms with E-state index in [1.54, 1.807) is 0 Å². The van der Waals surface area contributed by atoms with Crippen molar-refractivity contribution in [2.45, 2.75) is 135 Å². The summed E-state index contributed by atoms with van der Waals surface area (Å²) in [5.74, 6) is -0.303. The lowest BCUT2D eigenvalue weighted by Crippen LogP contribution is -2.44. The number of nitrogens with two attached hydrogens (primary N) is 2. The SMILES string of the molecule is CCc1cc(Cc2cc(CC)c(C3(C(N)=O)CCCCC3)c(CC)c2)cc(CC)c1C1(C(N)=O)CCCCC1. The van der Waals surface area contributed by atoms with Crippen molar-refractivity contribution in [1.29, 1.82) is 0 Å². The van der Waals surface area contributed by atoms with Gasteiger partial charge in [-0.1, -0.05) is 90.5 Å². The maximum absolute atomic E-state index is 13.0. The molecule has 2 aromatic rings. The molecular weight excluding hydrogens is 480 g/mol. The molecule has 0 radical (unpaired) electrons. The second-order valence-electron chi connectivity index (χ2n) is 12.2. The number of rotatable bonds is 10. The van der Waals surface area contributed by atoms with Crippen LogP contribution in [0.1, 0.15) is 136 Å². The Labute approximate surface area is 236 Å². The van der Waals surface area contributed by atoms with Crippen molar-refractivity contribution in [3.05, 3.63) is 68.8 Å². The summed E-state index contributed by atoms with van der Waals surface area (Å²) in [7, 11) is 0. The topological polar surface area (TPSA) is 86.2 Å². The zero-order chi connectivity index (χ0) is 28.2. The molecule has 0 unspecified atom stereocenters. The summed E-state index contributed by atoms with van der Waals surface area (Å²) in [5.41, 5.74) is 21.4. The molecule has 0 atom stereocenters. The molecule has 4 heteroatoms. The molecule has 0 bridgehead atoms. The second-order valence-corrected chi connectivity index (χ2v) is 12.2. The molecule has 2 aromatic carbocycles. The first-order valence-corrected chi connectivity index (χ1v) is 15.7. The molecule has 0 saturated heterocycles. The van der Waals surface area contributed by atoms with E-state index in [4.69, 9.17) is 11.5 Å². The van der Waals surface area contributed by atoms with Crippen LogP contribution in [0.25, 0.3) is 0 Å². The Kier molecular flexibility index (Phi) is 9.24. The zero-order valence-corrected chi connectivity index (χ0v) is 24.9. The highest BCUT2D eigenvalue weighted by molar-refractivity contribution is 5.88. The number of hydrogen-bond donors (Lipinski definition) is 2. The third-order valence-electron chi connectivity index (χ3n) is 9.97. The van der Waals surface area contributed by atoms with Crippen molar-refractivity contribution in [1.82, 2.24) is 0 Å². The van der Waals surface area contributed by atoms with Crippen LogP contribution in [-0.2, 0) is 52.5 Å². The van der Waals surface area contributed by atoms with Crippen molar-refractivity contribution in [2.75, 3.05) is 0 Å². The van der Waals surface area contributed by atoms with E-state index in [0.717, 1.165) is 83.5 Å². The van der Waals surface area contributed by atoms with E-state index < -0.39 is 10.8 Å². The number of hydrogen-bond acceptors (Lipinski definition) is 2. The first kappa shape index (κ1) is 29.4. The summed E-state index contributed by atoms with van der Waals surface area (Å²) in [6.45, 7) is 8.80. The van der Waals surface area contributed by atoms with Crippen molar-refractivity contribution in [2.24, 2.45) is 11.5 Å². The van der Waals surface area contributed by atoms with Gasteiger partial charge in [-0.05, 0) is 102 Å². The molecule has 4 nitrogen and oxygen atoms in total. The third kappa shape index (κ3) is 5.41. The highest BCUT2D eigenvalue weighted by atomic mass is 16.1. The molecule has 4 N–H and O–H groups in total. The summed E-state index contributed by atoms with van der Waals surface area (Å²) in [4.78, 5) is 25.9. The summed E-state index contributed by atoms with van der Waals surface area (Å²) in [6, 6.07) is 9.35. The average molecular weight is 531 g/mol. The zero-order valence-electron chi connectivity index (χ0n) is 24.9. The van der Waals surface area contributed by atoms with Gasteiger partial charge in [0.25, 0.3) is 0 Å². The van der Waals surface area contributed by atoms with Gasteiger partial charge in [-0.2, -0.15) is 0 Å². The second kappa shape index (κ2) is 12.3. The average Bonchev–Trinajstić information content (AvgIpc) is 2.96. The van der Waals surface area contributed by atoms with Gasteiger partial charge in [-0.3, -0.25) is 9.59 Å². The third-order valence-corrected chi connectivity index (χ3v) is 9.97. The van der Waals surface area contributed by atoms with E-state index in [1.165, 1.54) is 57.3 Å². The molecule has 212 valence electrons. The van der Waals surface area contributed by atoms with Gasteiger partial charge in [0, 0.05) is 0 Å². The van der Waals surface area contributed by atoms with Gasteiger partial charge < -0.3 is 11.5 Å². The number of carbonyl (C=O) groups excluding carboxylic acids is 2. The van der Waals surface area contributed by atoms with Gasteiger partial charge in [0.1, 0.15) is 0 Å². The smallest absolute Gasteiger partial charge is 0.228 e. The van der Waals surface area contributed by atoms with Crippen LogP contribution < -0.4 is 11.5 Å². The van der Waals surface area contributed by atoms with Crippen LogP contribution in [-0.4, -0.2) is 11.8 Å². The Morgan fingerprint density at radius 3 is 1.08 bits per heavy atom. The Morgan fingerprint density at radius 1 is 0.564 bits per heavy atom. The quantitative estimate of drug-likeness (QED) is 0.350. The maximum atomic E-state index is 13.0. The molecule has 2 fully saturated rings. The Balaban J connectivity index is 1.79. The molecule has 2 amide bonds. The number of aryl methyl sites for hydroxylation is 4. The van der Waals surface area contributed by atoms with Crippen LogP contribution in [0, 0.1) is 0 Å². The first-order valence-electron chi connectivity index (χ1n) is 15.7. The molecule has 0 aromatic heterocycles. The van der Waals surface area contributed by atoms with Gasteiger partial charge in [-0.15, -0.1) is 0 Å². The van der Waals surface area contributed by atoms with Gasteiger partial charge in [0.05, 0.1) is 10.8 Å². The van der Waals surface area contributed by atoms with Crippen LogP contribution in [0.4, 0.5) is 0 Å². The molecule has 0 aliphatic heterocycles. The predicted molar refractivity (Wildman–Crippen MR) is 161 cm³/mol. The number of primary amides is 2. The van der Waals surface area contributed by atoms with Crippen LogP contribution in [0.3, 0.4) is 0 Å². The van der Waals surface area contributed by atoms with Crippen molar-refractivity contribution < 1.29 is 9.59 Å². The Bertz CT molecular complexity index is 1060. The van der Waals surface area contributed by atoms with Gasteiger partial charge in [0.15, 0.2) is 0 Å². The Morgan fingerprint density at radius 2 is 0.846 bits per heavy atom. The Hall–Kier alpha value is -2.62. The van der Waals surface area contributed by atoms with E-state index in [-0.39, 0.29) is 11.8 Å². The van der Waals surface area contributed by atoms with Gasteiger partial charge in [-0.25, -0.2) is 0 Å². The fourth-order valence-corrected chi connectivity index (χ4v) is 8.01. The fourth-order valence-electron chi connectivity index (χ4n) is 8.01. The monoisotopic (exact) mass is 530 g/mol. The van der Waals surface area contributed by atoms with E-state index in [2.05, 4.69) is 52.0 Å². The standard InChI is InChI=1S/C35H50N2O2/c1-5-26-20-24(21-27(6-2)30(26)34(32(36)38)15-11-9-12-16-34)19-25-22-28(7-3)31(29(8-4)23-25)35(33(37)39)17-13-10-14-18-35/h20-23H,5-19H2,1-4H3,(H2,36,38)(H2,37,39). The minimum Gasteiger partial charge on any atom is -0.369 e. The minimum atomic E-state index is -0.525. The summed E-state index contributed by atoms with van der Waals surface area (Å²) < 4.78 is 0. The number of benzene rings is 2. The maximum Gasteiger partial charge on any atom is 0.228 e. The van der Waals surface area contributed by atoms with Crippen LogP contribution >= 0.6 is 0 Å². The molecule has 2 saturated carbocycles. The molecule has 0 heterocycles. The van der Waals surface area contributed by atoms with Crippen molar-refractivity contribution >= 4 is 11.8 Å². The lowest BCUT2D eigenvalue weighted by atomic mass is 9.65. The summed E-state index contributed by atoms with van der Waals surface area (Å²) >= 11 is 0. The highest BCUT2D eigenvalue weighted by Gasteiger charge is 2.43. The van der Waals surface area contributed by atoms with Gasteiger partial charge >= 0.3 is 0 Å². The van der Waals surface area contributed by atoms with E-state index in [0.29, 0.717) is 0 Å². The van der Waals surface area contributed by atoms with Crippen LogP contribution in [0.2, 0.25) is 0 Å².